The molecule has 10 atom stereocenters. The Labute approximate surface area is 320 Å². The fourth-order valence-electron chi connectivity index (χ4n) is 9.50. The molecule has 12 nitrogen and oxygen atoms in total. The highest BCUT2D eigenvalue weighted by Crippen LogP contribution is 2.59. The van der Waals surface area contributed by atoms with Gasteiger partial charge < -0.3 is 35.3 Å². The van der Waals surface area contributed by atoms with Crippen LogP contribution < -0.4 is 11.4 Å². The summed E-state index contributed by atoms with van der Waals surface area (Å²) < 4.78 is 46.1. The molecular weight excluding hydrogens is 716 g/mol. The van der Waals surface area contributed by atoms with Gasteiger partial charge in [-0.3, -0.25) is 14.2 Å². The number of ether oxygens (including phenoxy) is 3. The average Bonchev–Trinajstić information content (AvgIpc) is 3.87. The highest BCUT2D eigenvalue weighted by atomic mass is 19.3. The summed E-state index contributed by atoms with van der Waals surface area (Å²) in [4.78, 5) is 40.8. The number of fused-ring (bicyclic) bond motifs is 1. The molecule has 6 rings (SSSR count). The van der Waals surface area contributed by atoms with E-state index in [1.165, 1.54) is 12.0 Å². The lowest BCUT2D eigenvalue weighted by Crippen LogP contribution is -2.42. The number of aromatic nitrogens is 2. The summed E-state index contributed by atoms with van der Waals surface area (Å²) in [5.41, 5.74) is 6.36. The number of nitrogen functional groups attached to an aromatic ring is 1. The Morgan fingerprint density at radius 3 is 2.55 bits per heavy atom. The van der Waals surface area contributed by atoms with E-state index in [-0.39, 0.29) is 30.2 Å². The van der Waals surface area contributed by atoms with Crippen LogP contribution in [0.2, 0.25) is 0 Å². The lowest BCUT2D eigenvalue weighted by molar-refractivity contribution is -0.158. The molecule has 5 aliphatic rings. The molecule has 1 aromatic heterocycles. The normalized spacial score (nSPS) is 35.5. The van der Waals surface area contributed by atoms with Crippen molar-refractivity contribution in [1.82, 2.24) is 9.55 Å². The van der Waals surface area contributed by atoms with Gasteiger partial charge in [-0.1, -0.05) is 63.1 Å². The maximum absolute atomic E-state index is 14.8. The van der Waals surface area contributed by atoms with Crippen LogP contribution in [0.25, 0.3) is 0 Å². The summed E-state index contributed by atoms with van der Waals surface area (Å²) in [6.45, 7) is 7.95. The largest absolute Gasteiger partial charge is 0.463 e. The first-order valence-corrected chi connectivity index (χ1v) is 19.8. The van der Waals surface area contributed by atoms with Crippen LogP contribution in [0.15, 0.2) is 52.5 Å². The lowest BCUT2D eigenvalue weighted by Gasteiger charge is -2.44. The molecule has 4 saturated carbocycles. The lowest BCUT2D eigenvalue weighted by atomic mass is 9.61. The van der Waals surface area contributed by atoms with Gasteiger partial charge in [0.2, 0.25) is 6.23 Å². The summed E-state index contributed by atoms with van der Waals surface area (Å²) in [6.07, 6.45) is 9.34. The van der Waals surface area contributed by atoms with Gasteiger partial charge in [-0.15, -0.1) is 0 Å². The number of nitrogens with two attached hydrogens (primary N) is 1. The molecule has 304 valence electrons. The molecule has 0 amide bonds. The van der Waals surface area contributed by atoms with Crippen molar-refractivity contribution in [3.63, 3.8) is 0 Å². The Morgan fingerprint density at radius 2 is 1.84 bits per heavy atom. The number of carbonyl (C=O) groups excluding carboxylic acids is 2. The van der Waals surface area contributed by atoms with Gasteiger partial charge in [0.05, 0.1) is 25.0 Å². The summed E-state index contributed by atoms with van der Waals surface area (Å²) in [7, 11) is 0. The van der Waals surface area contributed by atoms with Gasteiger partial charge in [0.1, 0.15) is 24.6 Å². The van der Waals surface area contributed by atoms with E-state index in [1.807, 2.05) is 19.9 Å². The van der Waals surface area contributed by atoms with Crippen molar-refractivity contribution >= 4 is 17.8 Å². The molecule has 5 fully saturated rings. The minimum Gasteiger partial charge on any atom is -0.463 e. The standard InChI is InChI=1S/C41H57F2N3O9/c1-23(7-14-30(47)25-8-9-25)28-12-13-29-24(6-5-18-40(28,29)4)10-11-26-20-27(21-32(48)39(26,2)3)54-35(50)16-15-34(49)53-22-31-36(51)41(42,43)37(55-31)46-19-17-33(44)45-38(46)52/h7,10-11,14,17,19,23,25,27-32,36-37,47-48,51H,5-6,8-9,12-13,15-16,18,20-22H2,1-4H3,(H2,44,45,52)/b14-7+,24-10+,26-11-/t23-,27+,28?,29?,30?,31?,32-,36?,37?,40+/m0/s1. The quantitative estimate of drug-likeness (QED) is 0.163. The van der Waals surface area contributed by atoms with E-state index in [2.05, 4.69) is 37.1 Å². The SMILES string of the molecule is C[C@@H](/C=C/C(O)C1CC1)C1CCC2/C(=C/C=C3/C[C@@H](OC(=O)CCC(=O)OCC4OC(n5ccc(N)nc5=O)C(F)(F)C4O)C[C@H](O)C3(C)C)CCC[C@@]21C. The molecule has 4 aliphatic carbocycles. The molecule has 0 bridgehead atoms. The molecule has 5 N–H and O–H groups in total. The first-order valence-electron chi connectivity index (χ1n) is 19.8. The first kappa shape index (κ1) is 41.2. The number of aliphatic hydroxyl groups excluding tert-OH is 3. The molecule has 1 saturated heterocycles. The highest BCUT2D eigenvalue weighted by molar-refractivity contribution is 5.77. The molecule has 1 aliphatic heterocycles. The van der Waals surface area contributed by atoms with Crippen LogP contribution in [-0.4, -0.2) is 79.9 Å². The monoisotopic (exact) mass is 773 g/mol. The van der Waals surface area contributed by atoms with Crippen LogP contribution in [0.1, 0.15) is 105 Å². The number of halogens is 2. The predicted octanol–water partition coefficient (Wildman–Crippen LogP) is 5.17. The summed E-state index contributed by atoms with van der Waals surface area (Å²) in [5, 5.41) is 31.7. The van der Waals surface area contributed by atoms with Crippen molar-refractivity contribution in [1.29, 1.82) is 0 Å². The topological polar surface area (TPSA) is 183 Å². The average molecular weight is 774 g/mol. The zero-order valence-corrected chi connectivity index (χ0v) is 32.2. The molecule has 0 aromatic carbocycles. The Hall–Kier alpha value is -3.46. The van der Waals surface area contributed by atoms with Crippen molar-refractivity contribution < 1.29 is 47.9 Å². The molecule has 0 radical (unpaired) electrons. The minimum absolute atomic E-state index is 0.172. The summed E-state index contributed by atoms with van der Waals surface area (Å²) in [6, 6.07) is 1.13. The Bertz CT molecular complexity index is 1740. The molecule has 2 heterocycles. The fraction of sp³-hybridized carbons (Fsp3) is 0.707. The number of hydrogen-bond donors (Lipinski definition) is 4. The maximum Gasteiger partial charge on any atom is 0.351 e. The summed E-state index contributed by atoms with van der Waals surface area (Å²) in [5.74, 6) is -3.83. The number of hydrogen-bond acceptors (Lipinski definition) is 11. The van der Waals surface area contributed by atoms with E-state index in [9.17, 15) is 38.5 Å². The number of allylic oxidation sites excluding steroid dienone is 4. The van der Waals surface area contributed by atoms with Crippen LogP contribution >= 0.6 is 0 Å². The van der Waals surface area contributed by atoms with Crippen molar-refractivity contribution in [3.05, 3.63) is 58.2 Å². The number of aliphatic hydroxyl groups is 3. The number of anilines is 1. The van der Waals surface area contributed by atoms with Gasteiger partial charge in [-0.05, 0) is 80.1 Å². The first-order chi connectivity index (χ1) is 25.9. The number of rotatable bonds is 12. The fourth-order valence-corrected chi connectivity index (χ4v) is 9.50. The van der Waals surface area contributed by atoms with Crippen LogP contribution in [-0.2, 0) is 23.8 Å². The van der Waals surface area contributed by atoms with Gasteiger partial charge >= 0.3 is 23.6 Å². The van der Waals surface area contributed by atoms with Crippen molar-refractivity contribution in [2.24, 2.45) is 34.5 Å². The van der Waals surface area contributed by atoms with Crippen LogP contribution in [0.4, 0.5) is 14.6 Å². The third-order valence-corrected chi connectivity index (χ3v) is 13.2. The summed E-state index contributed by atoms with van der Waals surface area (Å²) >= 11 is 0. The zero-order valence-electron chi connectivity index (χ0n) is 32.2. The van der Waals surface area contributed by atoms with Gasteiger partial charge in [-0.2, -0.15) is 13.8 Å². The van der Waals surface area contributed by atoms with Crippen LogP contribution in [0.5, 0.6) is 0 Å². The second-order valence-electron chi connectivity index (χ2n) is 17.3. The zero-order chi connectivity index (χ0) is 39.9. The van der Waals surface area contributed by atoms with Gasteiger partial charge in [0, 0.05) is 24.5 Å². The van der Waals surface area contributed by atoms with E-state index in [0.717, 1.165) is 56.4 Å². The van der Waals surface area contributed by atoms with E-state index in [1.54, 1.807) is 0 Å². The van der Waals surface area contributed by atoms with Crippen molar-refractivity contribution in [2.75, 3.05) is 12.3 Å². The molecule has 14 heteroatoms. The molecule has 0 spiro atoms. The Morgan fingerprint density at radius 1 is 1.11 bits per heavy atom. The third kappa shape index (κ3) is 8.77. The van der Waals surface area contributed by atoms with Gasteiger partial charge in [0.25, 0.3) is 0 Å². The van der Waals surface area contributed by atoms with Gasteiger partial charge in [0.15, 0.2) is 6.10 Å². The maximum atomic E-state index is 14.8. The van der Waals surface area contributed by atoms with E-state index in [0.29, 0.717) is 34.7 Å². The Balaban J connectivity index is 1.01. The van der Waals surface area contributed by atoms with E-state index >= 15 is 0 Å². The van der Waals surface area contributed by atoms with Crippen molar-refractivity contribution in [3.8, 4) is 0 Å². The predicted molar refractivity (Wildman–Crippen MR) is 198 cm³/mol. The Kier molecular flexibility index (Phi) is 12.1. The number of esters is 2. The van der Waals surface area contributed by atoms with E-state index < -0.39 is 72.6 Å². The van der Waals surface area contributed by atoms with Crippen LogP contribution in [0.3, 0.4) is 0 Å². The smallest absolute Gasteiger partial charge is 0.351 e. The minimum atomic E-state index is -3.90. The van der Waals surface area contributed by atoms with E-state index in [4.69, 9.17) is 19.9 Å². The molecular formula is C41H57F2N3O9. The molecule has 55 heavy (non-hydrogen) atoms. The second kappa shape index (κ2) is 16.2. The second-order valence-corrected chi connectivity index (χ2v) is 17.3. The highest BCUT2D eigenvalue weighted by Gasteiger charge is 2.60. The van der Waals surface area contributed by atoms with Crippen LogP contribution in [0, 0.1) is 34.5 Å². The number of alkyl halides is 2. The third-order valence-electron chi connectivity index (χ3n) is 13.2. The molecule has 1 aromatic rings. The number of nitrogens with zero attached hydrogens (tertiary/aromatic N) is 2. The van der Waals surface area contributed by atoms with Gasteiger partial charge in [-0.25, -0.2) is 4.79 Å². The van der Waals surface area contributed by atoms with Crippen molar-refractivity contribution in [2.45, 2.75) is 141 Å². The molecule has 6 unspecified atom stereocenters. The number of carbonyl (C=O) groups is 2.